The van der Waals surface area contributed by atoms with Gasteiger partial charge in [0.15, 0.2) is 0 Å². The molecule has 0 aliphatic carbocycles. The van der Waals surface area contributed by atoms with Crippen LogP contribution in [-0.4, -0.2) is 11.8 Å². The van der Waals surface area contributed by atoms with Gasteiger partial charge in [0, 0.05) is 18.3 Å². The van der Waals surface area contributed by atoms with E-state index in [-0.39, 0.29) is 17.7 Å². The molecule has 1 unspecified atom stereocenters. The Morgan fingerprint density at radius 3 is 1.95 bits per heavy atom. The molecule has 0 saturated carbocycles. The number of hydrogen-bond acceptors (Lipinski definition) is 2. The molecule has 0 radical (unpaired) electrons. The zero-order valence-electron chi connectivity index (χ0n) is 12.8. The zero-order valence-corrected chi connectivity index (χ0v) is 12.8. The van der Waals surface area contributed by atoms with Crippen molar-refractivity contribution in [2.75, 3.05) is 10.6 Å². The van der Waals surface area contributed by atoms with Gasteiger partial charge in [0.1, 0.15) is 0 Å². The summed E-state index contributed by atoms with van der Waals surface area (Å²) in [4.78, 5) is 23.4. The minimum atomic E-state index is -0.170. The molecule has 4 heteroatoms. The highest BCUT2D eigenvalue weighted by Crippen LogP contribution is 2.22. The Bertz CT molecular complexity index is 636. The molecule has 2 rings (SSSR count). The molecule has 2 amide bonds. The Kier molecular flexibility index (Phi) is 5.31. The van der Waals surface area contributed by atoms with E-state index in [1.165, 1.54) is 6.92 Å². The standard InChI is InChI=1S/C18H20N2O2/c1-3-17(14-7-5-4-6-8-14)18(22)20-16-11-9-15(10-12-16)19-13(2)21/h4-12,17H,3H2,1-2H3,(H,19,21)(H,20,22). The smallest absolute Gasteiger partial charge is 0.231 e. The second kappa shape index (κ2) is 7.41. The molecule has 0 aliphatic rings. The molecule has 2 aromatic carbocycles. The third kappa shape index (κ3) is 4.19. The summed E-state index contributed by atoms with van der Waals surface area (Å²) in [5.74, 6) is -0.316. The summed E-state index contributed by atoms with van der Waals surface area (Å²) in [5.41, 5.74) is 2.44. The van der Waals surface area contributed by atoms with E-state index in [2.05, 4.69) is 10.6 Å². The number of carbonyl (C=O) groups is 2. The molecule has 0 aromatic heterocycles. The number of carbonyl (C=O) groups excluding carboxylic acids is 2. The molecule has 0 aliphatic heterocycles. The topological polar surface area (TPSA) is 58.2 Å². The van der Waals surface area contributed by atoms with Crippen molar-refractivity contribution >= 4 is 23.2 Å². The molecule has 0 fully saturated rings. The molecule has 0 bridgehead atoms. The molecule has 22 heavy (non-hydrogen) atoms. The minimum absolute atomic E-state index is 0.0269. The Hall–Kier alpha value is -2.62. The molecule has 1 atom stereocenters. The van der Waals surface area contributed by atoms with Crippen LogP contribution in [0.25, 0.3) is 0 Å². The van der Waals surface area contributed by atoms with E-state index < -0.39 is 0 Å². The van der Waals surface area contributed by atoms with E-state index in [1.54, 1.807) is 24.3 Å². The van der Waals surface area contributed by atoms with E-state index in [0.29, 0.717) is 11.4 Å². The second-order valence-electron chi connectivity index (χ2n) is 5.12. The van der Waals surface area contributed by atoms with Gasteiger partial charge in [-0.05, 0) is 36.2 Å². The molecule has 2 N–H and O–H groups in total. The molecule has 114 valence electrons. The number of hydrogen-bond donors (Lipinski definition) is 2. The SMILES string of the molecule is CCC(C(=O)Nc1ccc(NC(C)=O)cc1)c1ccccc1. The first kappa shape index (κ1) is 15.8. The van der Waals surface area contributed by atoms with Gasteiger partial charge in [-0.1, -0.05) is 37.3 Å². The van der Waals surface area contributed by atoms with Crippen molar-refractivity contribution < 1.29 is 9.59 Å². The maximum absolute atomic E-state index is 12.4. The van der Waals surface area contributed by atoms with Crippen LogP contribution in [0.5, 0.6) is 0 Å². The van der Waals surface area contributed by atoms with Gasteiger partial charge in [0.05, 0.1) is 5.92 Å². The molecule has 0 heterocycles. The Morgan fingerprint density at radius 1 is 0.909 bits per heavy atom. The van der Waals surface area contributed by atoms with Crippen molar-refractivity contribution in [1.82, 2.24) is 0 Å². The van der Waals surface area contributed by atoms with Gasteiger partial charge in [-0.15, -0.1) is 0 Å². The first-order chi connectivity index (χ1) is 10.6. The van der Waals surface area contributed by atoms with Crippen LogP contribution in [0.15, 0.2) is 54.6 Å². The molecular formula is C18H20N2O2. The van der Waals surface area contributed by atoms with Crippen LogP contribution in [0.2, 0.25) is 0 Å². The lowest BCUT2D eigenvalue weighted by Gasteiger charge is -2.15. The highest BCUT2D eigenvalue weighted by molar-refractivity contribution is 5.96. The van der Waals surface area contributed by atoms with Crippen molar-refractivity contribution in [3.05, 3.63) is 60.2 Å². The highest BCUT2D eigenvalue weighted by atomic mass is 16.2. The van der Waals surface area contributed by atoms with Gasteiger partial charge < -0.3 is 10.6 Å². The van der Waals surface area contributed by atoms with Crippen molar-refractivity contribution in [2.24, 2.45) is 0 Å². The lowest BCUT2D eigenvalue weighted by molar-refractivity contribution is -0.117. The van der Waals surface area contributed by atoms with Crippen molar-refractivity contribution in [3.8, 4) is 0 Å². The van der Waals surface area contributed by atoms with Crippen molar-refractivity contribution in [1.29, 1.82) is 0 Å². The average Bonchev–Trinajstić information content (AvgIpc) is 2.50. The first-order valence-corrected chi connectivity index (χ1v) is 7.33. The monoisotopic (exact) mass is 296 g/mol. The van der Waals surface area contributed by atoms with E-state index in [9.17, 15) is 9.59 Å². The van der Waals surface area contributed by atoms with Crippen LogP contribution in [0.1, 0.15) is 31.7 Å². The summed E-state index contributed by atoms with van der Waals surface area (Å²) >= 11 is 0. The Morgan fingerprint density at radius 2 is 1.45 bits per heavy atom. The Labute approximate surface area is 130 Å². The van der Waals surface area contributed by atoms with Gasteiger partial charge in [-0.3, -0.25) is 9.59 Å². The summed E-state index contributed by atoms with van der Waals surface area (Å²) < 4.78 is 0. The predicted molar refractivity (Wildman–Crippen MR) is 88.8 cm³/mol. The maximum atomic E-state index is 12.4. The maximum Gasteiger partial charge on any atom is 0.231 e. The zero-order chi connectivity index (χ0) is 15.9. The third-order valence-corrected chi connectivity index (χ3v) is 3.40. The van der Waals surface area contributed by atoms with Crippen molar-refractivity contribution in [3.63, 3.8) is 0 Å². The van der Waals surface area contributed by atoms with Crippen LogP contribution in [0.3, 0.4) is 0 Å². The first-order valence-electron chi connectivity index (χ1n) is 7.33. The summed E-state index contributed by atoms with van der Waals surface area (Å²) in [7, 11) is 0. The van der Waals surface area contributed by atoms with Crippen molar-refractivity contribution in [2.45, 2.75) is 26.2 Å². The molecule has 4 nitrogen and oxygen atoms in total. The minimum Gasteiger partial charge on any atom is -0.326 e. The summed E-state index contributed by atoms with van der Waals surface area (Å²) in [6.45, 7) is 3.46. The number of nitrogens with one attached hydrogen (secondary N) is 2. The van der Waals surface area contributed by atoms with Gasteiger partial charge in [-0.2, -0.15) is 0 Å². The summed E-state index contributed by atoms with van der Waals surface area (Å²) in [5, 5.41) is 5.61. The number of benzene rings is 2. The normalized spacial score (nSPS) is 11.5. The highest BCUT2D eigenvalue weighted by Gasteiger charge is 2.18. The van der Waals surface area contributed by atoms with Crippen LogP contribution >= 0.6 is 0 Å². The Balaban J connectivity index is 2.05. The van der Waals surface area contributed by atoms with E-state index in [4.69, 9.17) is 0 Å². The van der Waals surface area contributed by atoms with E-state index >= 15 is 0 Å². The number of amides is 2. The summed E-state index contributed by atoms with van der Waals surface area (Å²) in [6.07, 6.45) is 0.736. The quantitative estimate of drug-likeness (QED) is 0.882. The van der Waals surface area contributed by atoms with Gasteiger partial charge in [-0.25, -0.2) is 0 Å². The van der Waals surface area contributed by atoms with Crippen LogP contribution in [0.4, 0.5) is 11.4 Å². The fraction of sp³-hybridized carbons (Fsp3) is 0.222. The molecule has 2 aromatic rings. The lowest BCUT2D eigenvalue weighted by atomic mass is 9.95. The van der Waals surface area contributed by atoms with Gasteiger partial charge in [0.2, 0.25) is 11.8 Å². The fourth-order valence-electron chi connectivity index (χ4n) is 2.33. The molecule has 0 saturated heterocycles. The fourth-order valence-corrected chi connectivity index (χ4v) is 2.33. The van der Waals surface area contributed by atoms with E-state index in [1.807, 2.05) is 37.3 Å². The van der Waals surface area contributed by atoms with Gasteiger partial charge in [0.25, 0.3) is 0 Å². The molecule has 0 spiro atoms. The van der Waals surface area contributed by atoms with Crippen LogP contribution in [-0.2, 0) is 9.59 Å². The third-order valence-electron chi connectivity index (χ3n) is 3.40. The van der Waals surface area contributed by atoms with E-state index in [0.717, 1.165) is 12.0 Å². The summed E-state index contributed by atoms with van der Waals surface area (Å²) in [6, 6.07) is 16.8. The molecular weight excluding hydrogens is 276 g/mol. The number of rotatable bonds is 5. The predicted octanol–water partition coefficient (Wildman–Crippen LogP) is 3.78. The average molecular weight is 296 g/mol. The largest absolute Gasteiger partial charge is 0.326 e. The number of anilines is 2. The van der Waals surface area contributed by atoms with Gasteiger partial charge >= 0.3 is 0 Å². The second-order valence-corrected chi connectivity index (χ2v) is 5.12. The van der Waals surface area contributed by atoms with Crippen LogP contribution in [0, 0.1) is 0 Å². The van der Waals surface area contributed by atoms with Crippen LogP contribution < -0.4 is 10.6 Å². The lowest BCUT2D eigenvalue weighted by Crippen LogP contribution is -2.20.